The van der Waals surface area contributed by atoms with E-state index >= 15 is 0 Å². The summed E-state index contributed by atoms with van der Waals surface area (Å²) in [7, 11) is 0. The van der Waals surface area contributed by atoms with Crippen LogP contribution in [0.5, 0.6) is 0 Å². The Balaban J connectivity index is 2.03. The smallest absolute Gasteiger partial charge is 0.338 e. The summed E-state index contributed by atoms with van der Waals surface area (Å²) in [4.78, 5) is 24.4. The van der Waals surface area contributed by atoms with Gasteiger partial charge in [0.2, 0.25) is 0 Å². The minimum atomic E-state index is -0.406. The molecule has 0 spiro atoms. The lowest BCUT2D eigenvalue weighted by atomic mass is 10.1. The van der Waals surface area contributed by atoms with Gasteiger partial charge in [0.15, 0.2) is 0 Å². The SMILES string of the molecule is CC[C@H](OC(=O)c1ccccc1)C(Br)[C@@H](CC)OC(=O)c1ccccc1. The summed E-state index contributed by atoms with van der Waals surface area (Å²) in [6.45, 7) is 3.87. The molecule has 0 radical (unpaired) electrons. The zero-order valence-corrected chi connectivity index (χ0v) is 16.5. The number of benzene rings is 2. The van der Waals surface area contributed by atoms with Gasteiger partial charge in [-0.05, 0) is 37.1 Å². The molecule has 0 N–H and O–H groups in total. The van der Waals surface area contributed by atoms with Gasteiger partial charge in [-0.1, -0.05) is 66.2 Å². The highest BCUT2D eigenvalue weighted by atomic mass is 79.9. The molecular weight excluding hydrogens is 396 g/mol. The summed E-state index contributed by atoms with van der Waals surface area (Å²) in [6, 6.07) is 17.7. The van der Waals surface area contributed by atoms with E-state index in [1.54, 1.807) is 48.5 Å². The summed E-state index contributed by atoms with van der Waals surface area (Å²) < 4.78 is 11.3. The molecule has 0 aliphatic carbocycles. The van der Waals surface area contributed by atoms with Crippen molar-refractivity contribution in [3.05, 3.63) is 71.8 Å². The van der Waals surface area contributed by atoms with E-state index in [0.717, 1.165) is 0 Å². The van der Waals surface area contributed by atoms with Crippen LogP contribution in [-0.2, 0) is 9.47 Å². The summed E-state index contributed by atoms with van der Waals surface area (Å²) in [5.74, 6) is -0.766. The van der Waals surface area contributed by atoms with Gasteiger partial charge in [-0.3, -0.25) is 0 Å². The van der Waals surface area contributed by atoms with Gasteiger partial charge >= 0.3 is 11.9 Å². The molecule has 0 bridgehead atoms. The van der Waals surface area contributed by atoms with E-state index in [4.69, 9.17) is 9.47 Å². The summed E-state index contributed by atoms with van der Waals surface area (Å²) >= 11 is 3.58. The van der Waals surface area contributed by atoms with E-state index in [-0.39, 0.29) is 16.8 Å². The van der Waals surface area contributed by atoms with Crippen molar-refractivity contribution in [3.8, 4) is 0 Å². The van der Waals surface area contributed by atoms with Crippen LogP contribution in [0.1, 0.15) is 47.4 Å². The Kier molecular flexibility index (Phi) is 7.85. The highest BCUT2D eigenvalue weighted by Gasteiger charge is 2.31. The highest BCUT2D eigenvalue weighted by molar-refractivity contribution is 9.09. The molecule has 4 nitrogen and oxygen atoms in total. The van der Waals surface area contributed by atoms with Gasteiger partial charge in [-0.15, -0.1) is 0 Å². The van der Waals surface area contributed by atoms with E-state index in [1.165, 1.54) is 0 Å². The van der Waals surface area contributed by atoms with Gasteiger partial charge in [0.25, 0.3) is 0 Å². The highest BCUT2D eigenvalue weighted by Crippen LogP contribution is 2.23. The molecule has 0 amide bonds. The third kappa shape index (κ3) is 5.43. The number of ether oxygens (including phenoxy) is 2. The topological polar surface area (TPSA) is 52.6 Å². The predicted octanol–water partition coefficient (Wildman–Crippen LogP) is 5.02. The third-order valence-corrected chi connectivity index (χ3v) is 5.23. The maximum atomic E-state index is 12.3. The Morgan fingerprint density at radius 1 is 0.769 bits per heavy atom. The van der Waals surface area contributed by atoms with Gasteiger partial charge in [0.05, 0.1) is 16.0 Å². The molecule has 3 atom stereocenters. The summed E-state index contributed by atoms with van der Waals surface area (Å²) in [5, 5.41) is 0. The minimum Gasteiger partial charge on any atom is -0.457 e. The third-order valence-electron chi connectivity index (χ3n) is 4.05. The number of rotatable bonds is 8. The van der Waals surface area contributed by atoms with Crippen molar-refractivity contribution >= 4 is 27.9 Å². The molecule has 0 aromatic heterocycles. The molecule has 0 heterocycles. The van der Waals surface area contributed by atoms with E-state index in [0.29, 0.717) is 24.0 Å². The molecule has 0 aliphatic heterocycles. The molecule has 0 fully saturated rings. The number of carbonyl (C=O) groups is 2. The number of carbonyl (C=O) groups excluding carboxylic acids is 2. The lowest BCUT2D eigenvalue weighted by molar-refractivity contribution is 0.00258. The van der Waals surface area contributed by atoms with Crippen LogP contribution in [0.2, 0.25) is 0 Å². The van der Waals surface area contributed by atoms with Gasteiger partial charge in [0.1, 0.15) is 12.2 Å². The van der Waals surface area contributed by atoms with E-state index < -0.39 is 12.2 Å². The summed E-state index contributed by atoms with van der Waals surface area (Å²) in [6.07, 6.45) is 0.398. The molecule has 2 aromatic rings. The Bertz CT molecular complexity index is 641. The first-order chi connectivity index (χ1) is 12.6. The first-order valence-corrected chi connectivity index (χ1v) is 9.64. The van der Waals surface area contributed by atoms with Crippen LogP contribution in [-0.4, -0.2) is 29.0 Å². The van der Waals surface area contributed by atoms with Gasteiger partial charge < -0.3 is 9.47 Å². The van der Waals surface area contributed by atoms with Crippen molar-refractivity contribution in [2.75, 3.05) is 0 Å². The Morgan fingerprint density at radius 2 is 1.12 bits per heavy atom. The number of halogens is 1. The van der Waals surface area contributed by atoms with Crippen molar-refractivity contribution in [1.29, 1.82) is 0 Å². The first kappa shape index (κ1) is 20.2. The number of alkyl halides is 1. The molecule has 0 saturated heterocycles. The van der Waals surface area contributed by atoms with E-state index in [2.05, 4.69) is 15.9 Å². The number of hydrogen-bond donors (Lipinski definition) is 0. The van der Waals surface area contributed by atoms with Crippen molar-refractivity contribution < 1.29 is 19.1 Å². The molecule has 5 heteroatoms. The largest absolute Gasteiger partial charge is 0.457 e. The maximum absolute atomic E-state index is 12.3. The minimum absolute atomic E-state index is 0.294. The Morgan fingerprint density at radius 3 is 1.42 bits per heavy atom. The number of hydrogen-bond acceptors (Lipinski definition) is 4. The van der Waals surface area contributed by atoms with Gasteiger partial charge in [-0.2, -0.15) is 0 Å². The van der Waals surface area contributed by atoms with E-state index in [1.807, 2.05) is 26.0 Å². The lowest BCUT2D eigenvalue weighted by Gasteiger charge is -2.28. The molecule has 26 heavy (non-hydrogen) atoms. The Hall–Kier alpha value is -2.14. The molecule has 1 unspecified atom stereocenters. The second-order valence-corrected chi connectivity index (χ2v) is 6.94. The molecule has 138 valence electrons. The average Bonchev–Trinajstić information content (AvgIpc) is 2.70. The van der Waals surface area contributed by atoms with Gasteiger partial charge in [0, 0.05) is 0 Å². The average molecular weight is 419 g/mol. The van der Waals surface area contributed by atoms with Crippen LogP contribution in [0.15, 0.2) is 60.7 Å². The van der Waals surface area contributed by atoms with Crippen molar-refractivity contribution in [2.45, 2.75) is 43.7 Å². The predicted molar refractivity (Wildman–Crippen MR) is 105 cm³/mol. The molecule has 2 aromatic carbocycles. The second kappa shape index (κ2) is 10.1. The van der Waals surface area contributed by atoms with Crippen LogP contribution in [0.25, 0.3) is 0 Å². The van der Waals surface area contributed by atoms with E-state index in [9.17, 15) is 9.59 Å². The first-order valence-electron chi connectivity index (χ1n) is 8.72. The van der Waals surface area contributed by atoms with Crippen molar-refractivity contribution in [1.82, 2.24) is 0 Å². The van der Waals surface area contributed by atoms with Crippen LogP contribution in [0.4, 0.5) is 0 Å². The lowest BCUT2D eigenvalue weighted by Crippen LogP contribution is -2.38. The van der Waals surface area contributed by atoms with Crippen LogP contribution < -0.4 is 0 Å². The maximum Gasteiger partial charge on any atom is 0.338 e. The summed E-state index contributed by atoms with van der Waals surface area (Å²) in [5.41, 5.74) is 1.000. The molecule has 0 aliphatic rings. The van der Waals surface area contributed by atoms with Gasteiger partial charge in [-0.25, -0.2) is 9.59 Å². The molecular formula is C21H23BrO4. The number of esters is 2. The fourth-order valence-electron chi connectivity index (χ4n) is 2.55. The van der Waals surface area contributed by atoms with Crippen LogP contribution in [0.3, 0.4) is 0 Å². The zero-order chi connectivity index (χ0) is 18.9. The standard InChI is InChI=1S/C21H23BrO4/c1-3-17(25-20(23)15-11-7-5-8-12-15)19(22)18(4-2)26-21(24)16-13-9-6-10-14-16/h5-14,17-19H,3-4H2,1-2H3/t17-,18+,19?. The van der Waals surface area contributed by atoms with Crippen LogP contribution in [0, 0.1) is 0 Å². The molecule has 2 rings (SSSR count). The Labute approximate surface area is 162 Å². The van der Waals surface area contributed by atoms with Crippen molar-refractivity contribution in [3.63, 3.8) is 0 Å². The quantitative estimate of drug-likeness (QED) is 0.445. The monoisotopic (exact) mass is 418 g/mol. The fourth-order valence-corrected chi connectivity index (χ4v) is 3.51. The van der Waals surface area contributed by atoms with Crippen molar-refractivity contribution in [2.24, 2.45) is 0 Å². The second-order valence-electron chi connectivity index (χ2n) is 5.88. The zero-order valence-electron chi connectivity index (χ0n) is 14.9. The normalized spacial score (nSPS) is 14.1. The molecule has 0 saturated carbocycles. The fraction of sp³-hybridized carbons (Fsp3) is 0.333. The van der Waals surface area contributed by atoms with Crippen LogP contribution >= 0.6 is 15.9 Å².